The highest BCUT2D eigenvalue weighted by molar-refractivity contribution is 5.66. The fraction of sp³-hybridized carbons (Fsp3) is 0.562. The average Bonchev–Trinajstić information content (AvgIpc) is 2.33. The summed E-state index contributed by atoms with van der Waals surface area (Å²) < 4.78 is 0. The van der Waals surface area contributed by atoms with Gasteiger partial charge in [-0.1, -0.05) is 31.2 Å². The second-order valence-electron chi connectivity index (χ2n) is 5.86. The summed E-state index contributed by atoms with van der Waals surface area (Å²) >= 11 is 0. The Morgan fingerprint density at radius 2 is 1.79 bits per heavy atom. The first-order chi connectivity index (χ1) is 8.84. The van der Waals surface area contributed by atoms with E-state index in [1.165, 1.54) is 11.1 Å². The molecule has 0 atom stereocenters. The van der Waals surface area contributed by atoms with Gasteiger partial charge in [0.15, 0.2) is 0 Å². The van der Waals surface area contributed by atoms with E-state index in [0.29, 0.717) is 6.54 Å². The third kappa shape index (κ3) is 5.03. The van der Waals surface area contributed by atoms with E-state index in [2.05, 4.69) is 50.8 Å². The number of rotatable bonds is 6. The minimum absolute atomic E-state index is 0.0314. The molecule has 0 saturated heterocycles. The van der Waals surface area contributed by atoms with Crippen LogP contribution in [0.5, 0.6) is 0 Å². The molecule has 0 amide bonds. The first-order valence-corrected chi connectivity index (χ1v) is 6.88. The maximum Gasteiger partial charge on any atom is 0.304 e. The van der Waals surface area contributed by atoms with E-state index in [-0.39, 0.29) is 12.0 Å². The Bertz CT molecular complexity index is 421. The van der Waals surface area contributed by atoms with Gasteiger partial charge in [0.25, 0.3) is 0 Å². The summed E-state index contributed by atoms with van der Waals surface area (Å²) in [6.07, 6.45) is 1.19. The summed E-state index contributed by atoms with van der Waals surface area (Å²) in [7, 11) is 0. The summed E-state index contributed by atoms with van der Waals surface area (Å²) in [5, 5.41) is 8.87. The average molecular weight is 263 g/mol. The summed E-state index contributed by atoms with van der Waals surface area (Å²) in [6.45, 7) is 9.92. The number of aryl methyl sites for hydroxylation is 1. The summed E-state index contributed by atoms with van der Waals surface area (Å²) in [5.74, 6) is -0.738. The number of hydrogen-bond acceptors (Lipinski definition) is 2. The molecule has 1 aromatic rings. The molecule has 0 spiro atoms. The van der Waals surface area contributed by atoms with Crippen molar-refractivity contribution in [2.24, 2.45) is 0 Å². The molecule has 19 heavy (non-hydrogen) atoms. The van der Waals surface area contributed by atoms with Crippen LogP contribution in [0.2, 0.25) is 0 Å². The van der Waals surface area contributed by atoms with E-state index in [1.807, 2.05) is 6.07 Å². The summed E-state index contributed by atoms with van der Waals surface area (Å²) in [6, 6.07) is 8.39. The molecule has 1 aromatic carbocycles. The zero-order valence-corrected chi connectivity index (χ0v) is 12.4. The van der Waals surface area contributed by atoms with Crippen molar-refractivity contribution in [3.8, 4) is 0 Å². The molecule has 0 radical (unpaired) electrons. The normalized spacial score (nSPS) is 11.8. The van der Waals surface area contributed by atoms with Crippen LogP contribution in [0.1, 0.15) is 45.2 Å². The van der Waals surface area contributed by atoms with Crippen molar-refractivity contribution in [2.45, 2.75) is 52.6 Å². The maximum absolute atomic E-state index is 10.8. The third-order valence-electron chi connectivity index (χ3n) is 3.40. The van der Waals surface area contributed by atoms with Crippen LogP contribution in [-0.2, 0) is 17.8 Å². The molecule has 3 heteroatoms. The van der Waals surface area contributed by atoms with Gasteiger partial charge in [-0.2, -0.15) is 0 Å². The number of carboxylic acids is 1. The van der Waals surface area contributed by atoms with E-state index >= 15 is 0 Å². The molecule has 0 unspecified atom stereocenters. The van der Waals surface area contributed by atoms with Crippen molar-refractivity contribution in [1.82, 2.24) is 4.90 Å². The lowest BCUT2D eigenvalue weighted by Crippen LogP contribution is -2.42. The smallest absolute Gasteiger partial charge is 0.304 e. The van der Waals surface area contributed by atoms with Gasteiger partial charge < -0.3 is 5.11 Å². The first-order valence-electron chi connectivity index (χ1n) is 6.88. The zero-order chi connectivity index (χ0) is 14.5. The lowest BCUT2D eigenvalue weighted by atomic mass is 10.0. The fourth-order valence-corrected chi connectivity index (χ4v) is 2.14. The van der Waals surface area contributed by atoms with Gasteiger partial charge in [-0.25, -0.2) is 0 Å². The molecule has 0 aliphatic rings. The van der Waals surface area contributed by atoms with Crippen molar-refractivity contribution in [1.29, 1.82) is 0 Å². The molecule has 0 aromatic heterocycles. The molecule has 0 heterocycles. The van der Waals surface area contributed by atoms with Gasteiger partial charge in [0.1, 0.15) is 0 Å². The van der Waals surface area contributed by atoms with E-state index < -0.39 is 5.97 Å². The van der Waals surface area contributed by atoms with Crippen LogP contribution >= 0.6 is 0 Å². The highest BCUT2D eigenvalue weighted by atomic mass is 16.4. The molecule has 106 valence electrons. The standard InChI is InChI=1S/C16H25NO2/c1-5-13-8-6-7-9-14(13)12-17(16(2,3)4)11-10-15(18)19/h6-9H,5,10-12H2,1-4H3,(H,18,19). The number of carboxylic acid groups (broad SMARTS) is 1. The largest absolute Gasteiger partial charge is 0.481 e. The number of benzene rings is 1. The minimum Gasteiger partial charge on any atom is -0.481 e. The van der Waals surface area contributed by atoms with Crippen LogP contribution in [0.4, 0.5) is 0 Å². The fourth-order valence-electron chi connectivity index (χ4n) is 2.14. The molecular weight excluding hydrogens is 238 g/mol. The lowest BCUT2D eigenvalue weighted by Gasteiger charge is -2.36. The second-order valence-corrected chi connectivity index (χ2v) is 5.86. The topological polar surface area (TPSA) is 40.5 Å². The minimum atomic E-state index is -0.738. The molecule has 3 nitrogen and oxygen atoms in total. The van der Waals surface area contributed by atoms with Crippen LogP contribution in [-0.4, -0.2) is 28.1 Å². The lowest BCUT2D eigenvalue weighted by molar-refractivity contribution is -0.137. The van der Waals surface area contributed by atoms with Crippen LogP contribution in [0.15, 0.2) is 24.3 Å². The quantitative estimate of drug-likeness (QED) is 0.856. The number of hydrogen-bond donors (Lipinski definition) is 1. The van der Waals surface area contributed by atoms with Crippen LogP contribution in [0, 0.1) is 0 Å². The van der Waals surface area contributed by atoms with Crippen LogP contribution < -0.4 is 0 Å². The van der Waals surface area contributed by atoms with Crippen LogP contribution in [0.25, 0.3) is 0 Å². The van der Waals surface area contributed by atoms with Crippen LogP contribution in [0.3, 0.4) is 0 Å². The van der Waals surface area contributed by atoms with E-state index in [1.54, 1.807) is 0 Å². The summed E-state index contributed by atoms with van der Waals surface area (Å²) in [4.78, 5) is 13.0. The Morgan fingerprint density at radius 3 is 2.26 bits per heavy atom. The molecular formula is C16H25NO2. The van der Waals surface area contributed by atoms with E-state index in [4.69, 9.17) is 5.11 Å². The molecule has 0 bridgehead atoms. The predicted molar refractivity (Wildman–Crippen MR) is 78.2 cm³/mol. The maximum atomic E-state index is 10.8. The van der Waals surface area contributed by atoms with Crippen molar-refractivity contribution in [3.63, 3.8) is 0 Å². The van der Waals surface area contributed by atoms with E-state index in [9.17, 15) is 4.79 Å². The number of nitrogens with zero attached hydrogens (tertiary/aromatic N) is 1. The molecule has 1 rings (SSSR count). The van der Waals surface area contributed by atoms with Gasteiger partial charge in [-0.3, -0.25) is 9.69 Å². The highest BCUT2D eigenvalue weighted by Gasteiger charge is 2.22. The molecule has 0 aliphatic heterocycles. The predicted octanol–water partition coefficient (Wildman–Crippen LogP) is 3.32. The molecule has 0 aliphatic carbocycles. The Hall–Kier alpha value is -1.35. The van der Waals surface area contributed by atoms with Gasteiger partial charge in [0, 0.05) is 18.6 Å². The summed E-state index contributed by atoms with van der Waals surface area (Å²) in [5.41, 5.74) is 2.61. The van der Waals surface area contributed by atoms with Gasteiger partial charge in [-0.05, 0) is 38.3 Å². The van der Waals surface area contributed by atoms with Gasteiger partial charge >= 0.3 is 5.97 Å². The Kier molecular flexibility index (Phi) is 5.55. The third-order valence-corrected chi connectivity index (χ3v) is 3.40. The second kappa shape index (κ2) is 6.71. The van der Waals surface area contributed by atoms with Gasteiger partial charge in [0.05, 0.1) is 6.42 Å². The number of carbonyl (C=O) groups is 1. The van der Waals surface area contributed by atoms with Crippen molar-refractivity contribution in [3.05, 3.63) is 35.4 Å². The van der Waals surface area contributed by atoms with Gasteiger partial charge in [0.2, 0.25) is 0 Å². The van der Waals surface area contributed by atoms with Gasteiger partial charge in [-0.15, -0.1) is 0 Å². The SMILES string of the molecule is CCc1ccccc1CN(CCC(=O)O)C(C)(C)C. The molecule has 1 N–H and O–H groups in total. The molecule has 0 saturated carbocycles. The van der Waals surface area contributed by atoms with Crippen molar-refractivity contribution >= 4 is 5.97 Å². The monoisotopic (exact) mass is 263 g/mol. The Labute approximate surface area is 116 Å². The van der Waals surface area contributed by atoms with E-state index in [0.717, 1.165) is 13.0 Å². The Balaban J connectivity index is 2.85. The molecule has 0 fully saturated rings. The Morgan fingerprint density at radius 1 is 1.21 bits per heavy atom. The first kappa shape index (κ1) is 15.7. The van der Waals surface area contributed by atoms with Crippen molar-refractivity contribution < 1.29 is 9.90 Å². The number of aliphatic carboxylic acids is 1. The zero-order valence-electron chi connectivity index (χ0n) is 12.4. The van der Waals surface area contributed by atoms with Crippen molar-refractivity contribution in [2.75, 3.05) is 6.54 Å². The highest BCUT2D eigenvalue weighted by Crippen LogP contribution is 2.20.